The molecule has 1 saturated carbocycles. The van der Waals surface area contributed by atoms with Crippen molar-refractivity contribution in [3.05, 3.63) is 57.6 Å². The lowest BCUT2D eigenvalue weighted by atomic mass is 9.93. The van der Waals surface area contributed by atoms with Gasteiger partial charge in [-0.2, -0.15) is 0 Å². The van der Waals surface area contributed by atoms with Gasteiger partial charge in [0.25, 0.3) is 0 Å². The van der Waals surface area contributed by atoms with Crippen LogP contribution in [0.15, 0.2) is 34.3 Å². The van der Waals surface area contributed by atoms with E-state index < -0.39 is 0 Å². The molecule has 4 nitrogen and oxygen atoms in total. The van der Waals surface area contributed by atoms with E-state index in [0.29, 0.717) is 23.3 Å². The van der Waals surface area contributed by atoms with Crippen molar-refractivity contribution in [2.75, 3.05) is 0 Å². The maximum Gasteiger partial charge on any atom is 0.127 e. The summed E-state index contributed by atoms with van der Waals surface area (Å²) >= 11 is 0. The minimum Gasteiger partial charge on any atom is -0.507 e. The van der Waals surface area contributed by atoms with Crippen molar-refractivity contribution in [2.45, 2.75) is 111 Å². The van der Waals surface area contributed by atoms with E-state index in [1.54, 1.807) is 0 Å². The number of aromatic hydroxyl groups is 2. The number of aliphatic imine (C=N–C) groups is 2. The highest BCUT2D eigenvalue weighted by atomic mass is 16.3. The molecule has 3 rings (SSSR count). The summed E-state index contributed by atoms with van der Waals surface area (Å²) in [4.78, 5) is 9.87. The van der Waals surface area contributed by atoms with Gasteiger partial charge in [0.2, 0.25) is 0 Å². The highest BCUT2D eigenvalue weighted by molar-refractivity contribution is 5.86. The average Bonchev–Trinajstić information content (AvgIpc) is 3.25. The van der Waals surface area contributed by atoms with Gasteiger partial charge in [-0.1, -0.05) is 67.5 Å². The quantitative estimate of drug-likeness (QED) is 0.320. The first-order valence-electron chi connectivity index (χ1n) is 14.2. The van der Waals surface area contributed by atoms with E-state index in [4.69, 9.17) is 9.98 Å². The second-order valence-electron chi connectivity index (χ2n) is 12.4. The van der Waals surface area contributed by atoms with Crippen molar-refractivity contribution in [3.63, 3.8) is 0 Å². The standard InChI is InChI=1S/C33H48N2O2/c1-20(2)12-24-14-26(32(36)28(16-24)22(5)6)18-34-30-10-9-11-31(30)35-19-27-15-25(13-21(3)4)17-29(23(7)8)33(27)37/h14-23,30-31,36-37H,9-13H2,1-8H3. The number of phenols is 2. The molecule has 1 aliphatic rings. The predicted octanol–water partition coefficient (Wildman–Crippen LogP) is 8.20. The maximum atomic E-state index is 11.0. The Morgan fingerprint density at radius 3 is 1.38 bits per heavy atom. The molecule has 0 bridgehead atoms. The summed E-state index contributed by atoms with van der Waals surface area (Å²) in [7, 11) is 0. The minimum atomic E-state index is 0.0810. The van der Waals surface area contributed by atoms with Gasteiger partial charge in [-0.05, 0) is 90.2 Å². The van der Waals surface area contributed by atoms with E-state index in [-0.39, 0.29) is 23.9 Å². The zero-order chi connectivity index (χ0) is 27.3. The molecule has 2 atom stereocenters. The lowest BCUT2D eigenvalue weighted by molar-refractivity contribution is 0.462. The van der Waals surface area contributed by atoms with Gasteiger partial charge in [0, 0.05) is 23.6 Å². The first kappa shape index (κ1) is 28.9. The zero-order valence-electron chi connectivity index (χ0n) is 24.3. The average molecular weight is 505 g/mol. The van der Waals surface area contributed by atoms with E-state index in [0.717, 1.165) is 54.4 Å². The molecule has 0 heterocycles. The molecule has 37 heavy (non-hydrogen) atoms. The summed E-state index contributed by atoms with van der Waals surface area (Å²) in [6.07, 6.45) is 8.74. The van der Waals surface area contributed by atoms with E-state index in [1.165, 1.54) is 11.1 Å². The molecule has 1 aliphatic carbocycles. The molecule has 0 aliphatic heterocycles. The fourth-order valence-electron chi connectivity index (χ4n) is 5.37. The van der Waals surface area contributed by atoms with Gasteiger partial charge in [-0.25, -0.2) is 0 Å². The SMILES string of the molecule is CC(C)Cc1cc(C=NC2CCCC2N=Cc2cc(CC(C)C)cc(C(C)C)c2O)c(O)c(C(C)C)c1. The second-order valence-corrected chi connectivity index (χ2v) is 12.4. The van der Waals surface area contributed by atoms with Crippen molar-refractivity contribution in [1.29, 1.82) is 0 Å². The summed E-state index contributed by atoms with van der Waals surface area (Å²) in [6.45, 7) is 17.4. The molecule has 0 amide bonds. The van der Waals surface area contributed by atoms with Crippen LogP contribution >= 0.6 is 0 Å². The lowest BCUT2D eigenvalue weighted by Crippen LogP contribution is -2.16. The Balaban J connectivity index is 1.86. The Kier molecular flexibility index (Phi) is 9.98. The Morgan fingerprint density at radius 1 is 0.676 bits per heavy atom. The van der Waals surface area contributed by atoms with Crippen molar-refractivity contribution < 1.29 is 10.2 Å². The number of rotatable bonds is 10. The molecule has 0 spiro atoms. The Morgan fingerprint density at radius 2 is 1.05 bits per heavy atom. The van der Waals surface area contributed by atoms with Crippen LogP contribution in [-0.2, 0) is 12.8 Å². The molecule has 2 aromatic rings. The summed E-state index contributed by atoms with van der Waals surface area (Å²) in [5, 5.41) is 21.9. The van der Waals surface area contributed by atoms with Crippen molar-refractivity contribution in [2.24, 2.45) is 21.8 Å². The smallest absolute Gasteiger partial charge is 0.127 e. The number of nitrogens with zero attached hydrogens (tertiary/aromatic N) is 2. The van der Waals surface area contributed by atoms with Crippen LogP contribution in [0.1, 0.15) is 120 Å². The number of phenolic OH excluding ortho intramolecular Hbond substituents is 2. The normalized spacial score (nSPS) is 18.6. The third kappa shape index (κ3) is 7.69. The molecule has 0 radical (unpaired) electrons. The van der Waals surface area contributed by atoms with Gasteiger partial charge in [-0.3, -0.25) is 9.98 Å². The number of benzene rings is 2. The zero-order valence-corrected chi connectivity index (χ0v) is 24.3. The van der Waals surface area contributed by atoms with Gasteiger partial charge in [0.1, 0.15) is 11.5 Å². The van der Waals surface area contributed by atoms with E-state index >= 15 is 0 Å². The first-order chi connectivity index (χ1) is 17.5. The van der Waals surface area contributed by atoms with Crippen LogP contribution in [0.4, 0.5) is 0 Å². The van der Waals surface area contributed by atoms with Gasteiger partial charge >= 0.3 is 0 Å². The lowest BCUT2D eigenvalue weighted by Gasteiger charge is -2.16. The molecule has 2 aromatic carbocycles. The van der Waals surface area contributed by atoms with Gasteiger partial charge in [0.15, 0.2) is 0 Å². The van der Waals surface area contributed by atoms with Crippen LogP contribution in [0.3, 0.4) is 0 Å². The topological polar surface area (TPSA) is 65.2 Å². The Bertz CT molecular complexity index is 1020. The molecule has 0 saturated heterocycles. The number of hydrogen-bond acceptors (Lipinski definition) is 4. The van der Waals surface area contributed by atoms with Crippen LogP contribution in [-0.4, -0.2) is 34.7 Å². The summed E-state index contributed by atoms with van der Waals surface area (Å²) in [6, 6.07) is 8.62. The van der Waals surface area contributed by atoms with E-state index in [1.807, 2.05) is 12.4 Å². The first-order valence-corrected chi connectivity index (χ1v) is 14.2. The highest BCUT2D eigenvalue weighted by Crippen LogP contribution is 2.33. The molecular formula is C33H48N2O2. The Hall–Kier alpha value is -2.62. The molecule has 1 fully saturated rings. The second kappa shape index (κ2) is 12.8. The minimum absolute atomic E-state index is 0.0810. The fraction of sp³-hybridized carbons (Fsp3) is 0.576. The Labute approximate surface area is 225 Å². The van der Waals surface area contributed by atoms with Crippen molar-refractivity contribution >= 4 is 12.4 Å². The van der Waals surface area contributed by atoms with Crippen LogP contribution in [0, 0.1) is 11.8 Å². The van der Waals surface area contributed by atoms with Gasteiger partial charge in [-0.15, -0.1) is 0 Å². The van der Waals surface area contributed by atoms with Gasteiger partial charge < -0.3 is 10.2 Å². The molecule has 4 heteroatoms. The maximum absolute atomic E-state index is 11.0. The summed E-state index contributed by atoms with van der Waals surface area (Å²) in [5.41, 5.74) is 6.07. The van der Waals surface area contributed by atoms with E-state index in [9.17, 15) is 10.2 Å². The largest absolute Gasteiger partial charge is 0.507 e. The van der Waals surface area contributed by atoms with Crippen LogP contribution < -0.4 is 0 Å². The monoisotopic (exact) mass is 504 g/mol. The molecule has 0 aromatic heterocycles. The van der Waals surface area contributed by atoms with E-state index in [2.05, 4.69) is 79.7 Å². The fourth-order valence-corrected chi connectivity index (χ4v) is 5.37. The van der Waals surface area contributed by atoms with Gasteiger partial charge in [0.05, 0.1) is 12.1 Å². The predicted molar refractivity (Wildman–Crippen MR) is 158 cm³/mol. The molecule has 2 N–H and O–H groups in total. The third-order valence-corrected chi connectivity index (χ3v) is 7.24. The molecule has 202 valence electrons. The van der Waals surface area contributed by atoms with Crippen LogP contribution in [0.5, 0.6) is 11.5 Å². The molecule has 2 unspecified atom stereocenters. The van der Waals surface area contributed by atoms with Crippen molar-refractivity contribution in [1.82, 2.24) is 0 Å². The van der Waals surface area contributed by atoms with Crippen molar-refractivity contribution in [3.8, 4) is 11.5 Å². The van der Waals surface area contributed by atoms with Crippen LogP contribution in [0.25, 0.3) is 0 Å². The number of hydrogen-bond donors (Lipinski definition) is 2. The highest BCUT2D eigenvalue weighted by Gasteiger charge is 2.26. The molecular weight excluding hydrogens is 456 g/mol. The third-order valence-electron chi connectivity index (χ3n) is 7.24. The van der Waals surface area contributed by atoms with Crippen LogP contribution in [0.2, 0.25) is 0 Å². The summed E-state index contributed by atoms with van der Waals surface area (Å²) in [5.74, 6) is 2.29. The summed E-state index contributed by atoms with van der Waals surface area (Å²) < 4.78 is 0.